The molecular formula is C28H37N5O3. The van der Waals surface area contributed by atoms with Crippen molar-refractivity contribution in [1.82, 2.24) is 25.1 Å². The van der Waals surface area contributed by atoms with Crippen LogP contribution in [-0.2, 0) is 9.53 Å². The van der Waals surface area contributed by atoms with Crippen LogP contribution < -0.4 is 5.32 Å². The largest absolute Gasteiger partial charge is 0.381 e. The lowest BCUT2D eigenvalue weighted by Gasteiger charge is -2.26. The van der Waals surface area contributed by atoms with Gasteiger partial charge in [-0.2, -0.15) is 0 Å². The smallest absolute Gasteiger partial charge is 0.257 e. The lowest BCUT2D eigenvalue weighted by molar-refractivity contribution is -0.125. The molecule has 1 aromatic heterocycles. The van der Waals surface area contributed by atoms with Crippen LogP contribution in [0.4, 0.5) is 0 Å². The second kappa shape index (κ2) is 10.6. The molecule has 2 amide bonds. The molecule has 3 aliphatic heterocycles. The molecule has 3 saturated heterocycles. The van der Waals surface area contributed by atoms with Crippen LogP contribution in [0.5, 0.6) is 0 Å². The predicted octanol–water partition coefficient (Wildman–Crippen LogP) is 2.69. The molecule has 8 nitrogen and oxygen atoms in total. The first-order valence-corrected chi connectivity index (χ1v) is 13.2. The third-order valence-electron chi connectivity index (χ3n) is 8.00. The summed E-state index contributed by atoms with van der Waals surface area (Å²) in [5, 5.41) is 3.29. The number of aryl methyl sites for hydroxylation is 3. The van der Waals surface area contributed by atoms with Gasteiger partial charge in [0.15, 0.2) is 0 Å². The first kappa shape index (κ1) is 24.8. The zero-order valence-electron chi connectivity index (χ0n) is 21.6. The third-order valence-corrected chi connectivity index (χ3v) is 8.00. The summed E-state index contributed by atoms with van der Waals surface area (Å²) in [7, 11) is 0. The van der Waals surface area contributed by atoms with Crippen LogP contribution in [0.3, 0.4) is 0 Å². The summed E-state index contributed by atoms with van der Waals surface area (Å²) in [6.45, 7) is 11.3. The highest BCUT2D eigenvalue weighted by Gasteiger charge is 2.42. The molecule has 8 heteroatoms. The van der Waals surface area contributed by atoms with Crippen molar-refractivity contribution in [3.8, 4) is 0 Å². The van der Waals surface area contributed by atoms with Crippen molar-refractivity contribution >= 4 is 11.8 Å². The van der Waals surface area contributed by atoms with Crippen molar-refractivity contribution in [3.63, 3.8) is 0 Å². The SMILES string of the molecule is Cc1nc(C)c(C(=O)N2CC3CN(CCC(NC(=O)C4CCOC4)c4ccccc4)C[C@H]3C2)c(C)n1. The number of hydrogen-bond donors (Lipinski definition) is 1. The summed E-state index contributed by atoms with van der Waals surface area (Å²) >= 11 is 0. The van der Waals surface area contributed by atoms with Gasteiger partial charge in [-0.25, -0.2) is 9.97 Å². The quantitative estimate of drug-likeness (QED) is 0.641. The maximum absolute atomic E-state index is 13.3. The van der Waals surface area contributed by atoms with Gasteiger partial charge in [-0.3, -0.25) is 9.59 Å². The van der Waals surface area contributed by atoms with Crippen molar-refractivity contribution in [2.45, 2.75) is 39.7 Å². The van der Waals surface area contributed by atoms with E-state index in [0.29, 0.717) is 36.4 Å². The van der Waals surface area contributed by atoms with E-state index in [9.17, 15) is 9.59 Å². The van der Waals surface area contributed by atoms with Gasteiger partial charge < -0.3 is 19.9 Å². The molecule has 3 unspecified atom stereocenters. The van der Waals surface area contributed by atoms with E-state index in [-0.39, 0.29) is 23.8 Å². The molecule has 0 spiro atoms. The van der Waals surface area contributed by atoms with Crippen molar-refractivity contribution in [3.05, 3.63) is 58.7 Å². The monoisotopic (exact) mass is 491 g/mol. The molecule has 4 heterocycles. The standard InChI is InChI=1S/C28H37N5O3/c1-18-26(19(2)30-20(3)29-18)28(35)33-15-23-13-32(14-24(23)16-33)11-9-25(21-7-5-4-6-8-21)31-27(34)22-10-12-36-17-22/h4-8,22-25H,9-17H2,1-3H3,(H,31,34)/t22?,23-,24?,25?/m0/s1. The Morgan fingerprint density at radius 1 is 1.03 bits per heavy atom. The number of amides is 2. The number of carbonyl (C=O) groups excluding carboxylic acids is 2. The fourth-order valence-electron chi connectivity index (χ4n) is 6.14. The average molecular weight is 492 g/mol. The molecule has 5 rings (SSSR count). The highest BCUT2D eigenvalue weighted by Crippen LogP contribution is 2.33. The molecule has 3 fully saturated rings. The van der Waals surface area contributed by atoms with Crippen molar-refractivity contribution < 1.29 is 14.3 Å². The summed E-state index contributed by atoms with van der Waals surface area (Å²) in [6.07, 6.45) is 1.66. The van der Waals surface area contributed by atoms with Gasteiger partial charge in [0, 0.05) is 39.3 Å². The van der Waals surface area contributed by atoms with Gasteiger partial charge in [0.25, 0.3) is 5.91 Å². The Morgan fingerprint density at radius 2 is 1.69 bits per heavy atom. The molecule has 1 N–H and O–H groups in total. The van der Waals surface area contributed by atoms with E-state index in [1.165, 1.54) is 0 Å². The van der Waals surface area contributed by atoms with Gasteiger partial charge in [-0.05, 0) is 51.0 Å². The second-order valence-corrected chi connectivity index (χ2v) is 10.6. The number of fused-ring (bicyclic) bond motifs is 1. The van der Waals surface area contributed by atoms with Crippen LogP contribution in [-0.4, -0.2) is 77.5 Å². The zero-order valence-corrected chi connectivity index (χ0v) is 21.6. The van der Waals surface area contributed by atoms with E-state index >= 15 is 0 Å². The first-order chi connectivity index (χ1) is 17.4. The first-order valence-electron chi connectivity index (χ1n) is 13.2. The van der Waals surface area contributed by atoms with Gasteiger partial charge in [0.1, 0.15) is 5.82 Å². The molecule has 4 atom stereocenters. The summed E-state index contributed by atoms with van der Waals surface area (Å²) in [5.74, 6) is 1.80. The van der Waals surface area contributed by atoms with Gasteiger partial charge in [-0.1, -0.05) is 30.3 Å². The minimum absolute atomic E-state index is 0.00898. The number of rotatable bonds is 7. The van der Waals surface area contributed by atoms with E-state index in [4.69, 9.17) is 4.74 Å². The number of carbonyl (C=O) groups is 2. The van der Waals surface area contributed by atoms with Gasteiger partial charge in [0.05, 0.1) is 35.5 Å². The topological polar surface area (TPSA) is 87.7 Å². The number of nitrogens with zero attached hydrogens (tertiary/aromatic N) is 4. The van der Waals surface area contributed by atoms with Crippen LogP contribution in [0.15, 0.2) is 30.3 Å². The molecule has 0 aliphatic carbocycles. The third kappa shape index (κ3) is 5.30. The van der Waals surface area contributed by atoms with E-state index in [1.807, 2.05) is 43.9 Å². The summed E-state index contributed by atoms with van der Waals surface area (Å²) in [4.78, 5) is 39.4. The number of likely N-dealkylation sites (tertiary alicyclic amines) is 2. The van der Waals surface area contributed by atoms with E-state index in [0.717, 1.165) is 62.5 Å². The maximum atomic E-state index is 13.3. The summed E-state index contributed by atoms with van der Waals surface area (Å²) in [5.41, 5.74) is 3.34. The lowest BCUT2D eigenvalue weighted by Crippen LogP contribution is -2.37. The molecule has 36 heavy (non-hydrogen) atoms. The highest BCUT2D eigenvalue weighted by molar-refractivity contribution is 5.96. The minimum atomic E-state index is -0.0444. The van der Waals surface area contributed by atoms with Crippen molar-refractivity contribution in [2.75, 3.05) is 45.9 Å². The normalized spacial score (nSPS) is 24.6. The molecule has 192 valence electrons. The second-order valence-electron chi connectivity index (χ2n) is 10.6. The fourth-order valence-corrected chi connectivity index (χ4v) is 6.14. The fraction of sp³-hybridized carbons (Fsp3) is 0.571. The number of ether oxygens (including phenoxy) is 1. The molecule has 0 radical (unpaired) electrons. The zero-order chi connectivity index (χ0) is 25.2. The van der Waals surface area contributed by atoms with Gasteiger partial charge >= 0.3 is 0 Å². The van der Waals surface area contributed by atoms with E-state index < -0.39 is 0 Å². The molecule has 2 aromatic rings. The highest BCUT2D eigenvalue weighted by atomic mass is 16.5. The van der Waals surface area contributed by atoms with Crippen LogP contribution in [0.25, 0.3) is 0 Å². The molecular weight excluding hydrogens is 454 g/mol. The number of aromatic nitrogens is 2. The Bertz CT molecular complexity index is 1060. The Labute approximate surface area is 213 Å². The Kier molecular flexibility index (Phi) is 7.34. The summed E-state index contributed by atoms with van der Waals surface area (Å²) in [6, 6.07) is 10.2. The van der Waals surface area contributed by atoms with Gasteiger partial charge in [0.2, 0.25) is 5.91 Å². The molecule has 0 bridgehead atoms. The molecule has 0 saturated carbocycles. The van der Waals surface area contributed by atoms with Crippen LogP contribution in [0, 0.1) is 38.5 Å². The number of hydrogen-bond acceptors (Lipinski definition) is 6. The Morgan fingerprint density at radius 3 is 2.31 bits per heavy atom. The Hall–Kier alpha value is -2.84. The summed E-state index contributed by atoms with van der Waals surface area (Å²) < 4.78 is 5.42. The van der Waals surface area contributed by atoms with E-state index in [2.05, 4.69) is 32.3 Å². The minimum Gasteiger partial charge on any atom is -0.381 e. The maximum Gasteiger partial charge on any atom is 0.257 e. The predicted molar refractivity (Wildman–Crippen MR) is 136 cm³/mol. The number of nitrogens with one attached hydrogen (secondary N) is 1. The molecule has 1 aromatic carbocycles. The van der Waals surface area contributed by atoms with Crippen molar-refractivity contribution in [2.24, 2.45) is 17.8 Å². The molecule has 3 aliphatic rings. The van der Waals surface area contributed by atoms with Crippen LogP contribution >= 0.6 is 0 Å². The van der Waals surface area contributed by atoms with Crippen LogP contribution in [0.1, 0.15) is 52.0 Å². The van der Waals surface area contributed by atoms with Gasteiger partial charge in [-0.15, -0.1) is 0 Å². The Balaban J connectivity index is 1.17. The van der Waals surface area contributed by atoms with Crippen molar-refractivity contribution in [1.29, 1.82) is 0 Å². The number of benzene rings is 1. The van der Waals surface area contributed by atoms with Crippen LogP contribution in [0.2, 0.25) is 0 Å². The van der Waals surface area contributed by atoms with E-state index in [1.54, 1.807) is 0 Å². The lowest BCUT2D eigenvalue weighted by atomic mass is 10.0. The average Bonchev–Trinajstić information content (AvgIpc) is 3.58.